The van der Waals surface area contributed by atoms with Crippen molar-refractivity contribution in [2.24, 2.45) is 0 Å². The molecule has 0 aliphatic carbocycles. The van der Waals surface area contributed by atoms with E-state index < -0.39 is 5.67 Å². The summed E-state index contributed by atoms with van der Waals surface area (Å²) in [6.45, 7) is 7.89. The maximum absolute atomic E-state index is 14.0. The number of hydrogen-bond donors (Lipinski definition) is 0. The number of ether oxygens (including phenoxy) is 1. The summed E-state index contributed by atoms with van der Waals surface area (Å²) >= 11 is 0. The lowest BCUT2D eigenvalue weighted by Crippen LogP contribution is -2.13. The molecule has 0 fully saturated rings. The summed E-state index contributed by atoms with van der Waals surface area (Å²) in [5, 5.41) is 0. The van der Waals surface area contributed by atoms with Gasteiger partial charge in [-0.2, -0.15) is 0 Å². The van der Waals surface area contributed by atoms with Crippen LogP contribution in [0.2, 0.25) is 0 Å². The van der Waals surface area contributed by atoms with Gasteiger partial charge in [0.25, 0.3) is 0 Å². The zero-order valence-electron chi connectivity index (χ0n) is 10.6. The van der Waals surface area contributed by atoms with Crippen LogP contribution in [0.3, 0.4) is 0 Å². The van der Waals surface area contributed by atoms with Crippen LogP contribution in [-0.2, 0) is 12.1 Å². The Kier molecular flexibility index (Phi) is 4.34. The molecule has 1 aromatic carbocycles. The average Bonchev–Trinajstić information content (AvgIpc) is 2.24. The Morgan fingerprint density at radius 2 is 1.94 bits per heavy atom. The Morgan fingerprint density at radius 1 is 1.25 bits per heavy atom. The predicted molar refractivity (Wildman–Crippen MR) is 65.7 cm³/mol. The Labute approximate surface area is 97.6 Å². The van der Waals surface area contributed by atoms with Gasteiger partial charge in [-0.25, -0.2) is 4.39 Å². The number of para-hydroxylation sites is 1. The van der Waals surface area contributed by atoms with Crippen LogP contribution >= 0.6 is 0 Å². The quantitative estimate of drug-likeness (QED) is 0.726. The van der Waals surface area contributed by atoms with E-state index in [9.17, 15) is 4.39 Å². The standard InChI is InChI=1S/C14H21FO/c1-5-10-16-13-11(6-2)8-7-9-12(13)14(3,4)15/h7-9H,5-6,10H2,1-4H3. The van der Waals surface area contributed by atoms with Crippen LogP contribution in [0, 0.1) is 0 Å². The molecule has 2 heteroatoms. The van der Waals surface area contributed by atoms with E-state index in [0.717, 1.165) is 24.2 Å². The molecule has 16 heavy (non-hydrogen) atoms. The van der Waals surface area contributed by atoms with Crippen molar-refractivity contribution in [3.8, 4) is 5.75 Å². The lowest BCUT2D eigenvalue weighted by Gasteiger charge is -2.21. The summed E-state index contributed by atoms with van der Waals surface area (Å²) < 4.78 is 19.7. The maximum Gasteiger partial charge on any atom is 0.134 e. The minimum Gasteiger partial charge on any atom is -0.493 e. The second-order valence-electron chi connectivity index (χ2n) is 4.47. The van der Waals surface area contributed by atoms with Gasteiger partial charge in [0.05, 0.1) is 6.61 Å². The fourth-order valence-electron chi connectivity index (χ4n) is 1.71. The fourth-order valence-corrected chi connectivity index (χ4v) is 1.71. The average molecular weight is 224 g/mol. The van der Waals surface area contributed by atoms with E-state index in [0.29, 0.717) is 12.2 Å². The molecule has 0 aromatic heterocycles. The summed E-state index contributed by atoms with van der Waals surface area (Å²) in [6.07, 6.45) is 1.80. The van der Waals surface area contributed by atoms with Gasteiger partial charge in [0, 0.05) is 5.56 Å². The molecule has 0 radical (unpaired) electrons. The monoisotopic (exact) mass is 224 g/mol. The second-order valence-corrected chi connectivity index (χ2v) is 4.47. The highest BCUT2D eigenvalue weighted by Gasteiger charge is 2.24. The molecule has 0 saturated carbocycles. The number of benzene rings is 1. The topological polar surface area (TPSA) is 9.23 Å². The molecule has 1 nitrogen and oxygen atoms in total. The molecule has 90 valence electrons. The van der Waals surface area contributed by atoms with E-state index in [1.165, 1.54) is 0 Å². The van der Waals surface area contributed by atoms with Gasteiger partial charge in [0.2, 0.25) is 0 Å². The van der Waals surface area contributed by atoms with Gasteiger partial charge in [-0.15, -0.1) is 0 Å². The molecule has 0 saturated heterocycles. The minimum absolute atomic E-state index is 0.639. The molecular formula is C14H21FO. The molecule has 0 spiro atoms. The highest BCUT2D eigenvalue weighted by atomic mass is 19.1. The summed E-state index contributed by atoms with van der Waals surface area (Å²) in [7, 11) is 0. The van der Waals surface area contributed by atoms with Crippen molar-refractivity contribution < 1.29 is 9.13 Å². The van der Waals surface area contributed by atoms with E-state index in [4.69, 9.17) is 4.74 Å². The second kappa shape index (κ2) is 5.33. The normalized spacial score (nSPS) is 11.6. The molecule has 0 aliphatic heterocycles. The molecule has 0 unspecified atom stereocenters. The Balaban J connectivity index is 3.15. The minimum atomic E-state index is -1.35. The van der Waals surface area contributed by atoms with Gasteiger partial charge in [-0.1, -0.05) is 32.0 Å². The number of hydrogen-bond acceptors (Lipinski definition) is 1. The smallest absolute Gasteiger partial charge is 0.134 e. The van der Waals surface area contributed by atoms with Crippen molar-refractivity contribution in [1.29, 1.82) is 0 Å². The third kappa shape index (κ3) is 2.97. The highest BCUT2D eigenvalue weighted by molar-refractivity contribution is 5.44. The zero-order valence-corrected chi connectivity index (χ0v) is 10.6. The van der Waals surface area contributed by atoms with E-state index in [-0.39, 0.29) is 0 Å². The van der Waals surface area contributed by atoms with Gasteiger partial charge in [-0.3, -0.25) is 0 Å². The molecular weight excluding hydrogens is 203 g/mol. The third-order valence-electron chi connectivity index (χ3n) is 2.57. The lowest BCUT2D eigenvalue weighted by atomic mass is 9.95. The lowest BCUT2D eigenvalue weighted by molar-refractivity contribution is 0.207. The van der Waals surface area contributed by atoms with Crippen LogP contribution in [-0.4, -0.2) is 6.61 Å². The van der Waals surface area contributed by atoms with Crippen LogP contribution in [0.15, 0.2) is 18.2 Å². The fraction of sp³-hybridized carbons (Fsp3) is 0.571. The molecule has 0 N–H and O–H groups in total. The first-order valence-electron chi connectivity index (χ1n) is 5.94. The molecule has 0 atom stereocenters. The zero-order chi connectivity index (χ0) is 12.2. The Morgan fingerprint density at radius 3 is 2.44 bits per heavy atom. The summed E-state index contributed by atoms with van der Waals surface area (Å²) in [5.74, 6) is 0.736. The predicted octanol–water partition coefficient (Wildman–Crippen LogP) is 4.24. The number of rotatable bonds is 5. The molecule has 0 bridgehead atoms. The van der Waals surface area contributed by atoms with Crippen LogP contribution in [0.25, 0.3) is 0 Å². The van der Waals surface area contributed by atoms with E-state index >= 15 is 0 Å². The summed E-state index contributed by atoms with van der Waals surface area (Å²) in [6, 6.07) is 5.71. The van der Waals surface area contributed by atoms with Gasteiger partial charge in [0.1, 0.15) is 11.4 Å². The van der Waals surface area contributed by atoms with Crippen molar-refractivity contribution in [3.05, 3.63) is 29.3 Å². The molecule has 1 rings (SSSR count). The largest absolute Gasteiger partial charge is 0.493 e. The van der Waals surface area contributed by atoms with Crippen LogP contribution in [0.1, 0.15) is 45.2 Å². The first kappa shape index (κ1) is 13.0. The SMILES string of the molecule is CCCOc1c(CC)cccc1C(C)(C)F. The van der Waals surface area contributed by atoms with Gasteiger partial charge < -0.3 is 4.74 Å². The molecule has 0 heterocycles. The van der Waals surface area contributed by atoms with Crippen LogP contribution in [0.5, 0.6) is 5.75 Å². The number of halogens is 1. The molecule has 1 aromatic rings. The third-order valence-corrected chi connectivity index (χ3v) is 2.57. The highest BCUT2D eigenvalue weighted by Crippen LogP contribution is 2.35. The van der Waals surface area contributed by atoms with Gasteiger partial charge >= 0.3 is 0 Å². The molecule has 0 amide bonds. The number of aryl methyl sites for hydroxylation is 1. The van der Waals surface area contributed by atoms with Crippen LogP contribution < -0.4 is 4.74 Å². The van der Waals surface area contributed by atoms with Crippen molar-refractivity contribution >= 4 is 0 Å². The Bertz CT molecular complexity index is 339. The van der Waals surface area contributed by atoms with Gasteiger partial charge in [0.15, 0.2) is 0 Å². The van der Waals surface area contributed by atoms with Crippen molar-refractivity contribution in [2.75, 3.05) is 6.61 Å². The maximum atomic E-state index is 14.0. The molecule has 0 aliphatic rings. The van der Waals surface area contributed by atoms with E-state index in [1.54, 1.807) is 13.8 Å². The van der Waals surface area contributed by atoms with E-state index in [1.807, 2.05) is 18.2 Å². The van der Waals surface area contributed by atoms with E-state index in [2.05, 4.69) is 13.8 Å². The summed E-state index contributed by atoms with van der Waals surface area (Å²) in [4.78, 5) is 0. The first-order chi connectivity index (χ1) is 7.50. The van der Waals surface area contributed by atoms with Gasteiger partial charge in [-0.05, 0) is 32.3 Å². The number of alkyl halides is 1. The van der Waals surface area contributed by atoms with Crippen LogP contribution in [0.4, 0.5) is 4.39 Å². The van der Waals surface area contributed by atoms with Crippen molar-refractivity contribution in [2.45, 2.75) is 46.2 Å². The summed E-state index contributed by atoms with van der Waals surface area (Å²) in [5.41, 5.74) is 0.380. The van der Waals surface area contributed by atoms with Crippen molar-refractivity contribution in [1.82, 2.24) is 0 Å². The Hall–Kier alpha value is -1.05. The van der Waals surface area contributed by atoms with Crippen molar-refractivity contribution in [3.63, 3.8) is 0 Å². The first-order valence-corrected chi connectivity index (χ1v) is 5.94.